The van der Waals surface area contributed by atoms with Crippen molar-refractivity contribution < 1.29 is 9.13 Å². The van der Waals surface area contributed by atoms with Crippen LogP contribution in [0.5, 0.6) is 5.75 Å². The molecule has 0 aliphatic rings. The number of benzene rings is 2. The first-order valence-corrected chi connectivity index (χ1v) is 7.06. The Kier molecular flexibility index (Phi) is 5.17. The standard InChI is InChI=1S/C16H18ClFN2O/c1-10(2)21-13-6-3-11(4-7-13)16(20-19)12-5-8-15(18)14(17)9-12/h3-10,16,20H,19H2,1-2H3. The fourth-order valence-corrected chi connectivity index (χ4v) is 2.28. The summed E-state index contributed by atoms with van der Waals surface area (Å²) in [7, 11) is 0. The van der Waals surface area contributed by atoms with Crippen LogP contribution in [0, 0.1) is 5.82 Å². The molecule has 0 aliphatic heterocycles. The van der Waals surface area contributed by atoms with Gasteiger partial charge in [0.25, 0.3) is 0 Å². The number of ether oxygens (including phenoxy) is 1. The molecule has 3 nitrogen and oxygen atoms in total. The van der Waals surface area contributed by atoms with Crippen LogP contribution in [-0.2, 0) is 0 Å². The fourth-order valence-electron chi connectivity index (χ4n) is 2.09. The molecular weight excluding hydrogens is 291 g/mol. The fraction of sp³-hybridized carbons (Fsp3) is 0.250. The Hall–Kier alpha value is -1.62. The molecule has 0 saturated carbocycles. The van der Waals surface area contributed by atoms with Gasteiger partial charge in [-0.25, -0.2) is 9.82 Å². The third-order valence-corrected chi connectivity index (χ3v) is 3.32. The Labute approximate surface area is 128 Å². The average Bonchev–Trinajstić information content (AvgIpc) is 2.45. The van der Waals surface area contributed by atoms with E-state index in [0.29, 0.717) is 0 Å². The lowest BCUT2D eigenvalue weighted by Gasteiger charge is -2.18. The van der Waals surface area contributed by atoms with Crippen molar-refractivity contribution in [3.05, 3.63) is 64.4 Å². The second kappa shape index (κ2) is 6.89. The molecule has 112 valence electrons. The monoisotopic (exact) mass is 308 g/mol. The molecule has 1 unspecified atom stereocenters. The molecule has 0 saturated heterocycles. The van der Waals surface area contributed by atoms with Crippen molar-refractivity contribution in [1.82, 2.24) is 5.43 Å². The van der Waals surface area contributed by atoms with E-state index in [4.69, 9.17) is 22.2 Å². The minimum atomic E-state index is -0.447. The minimum Gasteiger partial charge on any atom is -0.491 e. The topological polar surface area (TPSA) is 47.3 Å². The number of hydrogen-bond donors (Lipinski definition) is 2. The Morgan fingerprint density at radius 3 is 2.24 bits per heavy atom. The maximum atomic E-state index is 13.2. The van der Waals surface area contributed by atoms with Crippen molar-refractivity contribution in [2.75, 3.05) is 0 Å². The van der Waals surface area contributed by atoms with Gasteiger partial charge in [0.1, 0.15) is 11.6 Å². The molecular formula is C16H18ClFN2O. The highest BCUT2D eigenvalue weighted by atomic mass is 35.5. The van der Waals surface area contributed by atoms with Crippen molar-refractivity contribution in [1.29, 1.82) is 0 Å². The summed E-state index contributed by atoms with van der Waals surface area (Å²) in [4.78, 5) is 0. The number of nitrogens with two attached hydrogens (primary N) is 1. The zero-order chi connectivity index (χ0) is 15.4. The van der Waals surface area contributed by atoms with Gasteiger partial charge in [0.2, 0.25) is 0 Å². The highest BCUT2D eigenvalue weighted by Crippen LogP contribution is 2.27. The summed E-state index contributed by atoms with van der Waals surface area (Å²) in [5.74, 6) is 5.97. The third kappa shape index (κ3) is 3.94. The van der Waals surface area contributed by atoms with Crippen LogP contribution in [0.4, 0.5) is 4.39 Å². The molecule has 0 bridgehead atoms. The van der Waals surface area contributed by atoms with E-state index in [0.717, 1.165) is 16.9 Å². The molecule has 0 spiro atoms. The second-order valence-electron chi connectivity index (χ2n) is 5.01. The molecule has 1 atom stereocenters. The lowest BCUT2D eigenvalue weighted by Crippen LogP contribution is -2.28. The van der Waals surface area contributed by atoms with Gasteiger partial charge in [0.05, 0.1) is 17.2 Å². The van der Waals surface area contributed by atoms with Crippen molar-refractivity contribution in [3.8, 4) is 5.75 Å². The van der Waals surface area contributed by atoms with E-state index >= 15 is 0 Å². The van der Waals surface area contributed by atoms with E-state index in [2.05, 4.69) is 5.43 Å². The highest BCUT2D eigenvalue weighted by Gasteiger charge is 2.14. The summed E-state index contributed by atoms with van der Waals surface area (Å²) in [6.45, 7) is 3.94. The minimum absolute atomic E-state index is 0.0764. The maximum Gasteiger partial charge on any atom is 0.141 e. The Bertz CT molecular complexity index is 602. The van der Waals surface area contributed by atoms with Crippen LogP contribution in [0.2, 0.25) is 5.02 Å². The molecule has 3 N–H and O–H groups in total. The average molecular weight is 309 g/mol. The first-order valence-electron chi connectivity index (χ1n) is 6.69. The van der Waals surface area contributed by atoms with Crippen molar-refractivity contribution >= 4 is 11.6 Å². The molecule has 0 fully saturated rings. The molecule has 0 radical (unpaired) electrons. The summed E-state index contributed by atoms with van der Waals surface area (Å²) in [6, 6.07) is 11.9. The van der Waals surface area contributed by atoms with E-state index in [-0.39, 0.29) is 17.2 Å². The van der Waals surface area contributed by atoms with Gasteiger partial charge >= 0.3 is 0 Å². The van der Waals surface area contributed by atoms with Crippen LogP contribution >= 0.6 is 11.6 Å². The van der Waals surface area contributed by atoms with Crippen LogP contribution in [0.15, 0.2) is 42.5 Å². The van der Waals surface area contributed by atoms with Gasteiger partial charge in [0, 0.05) is 0 Å². The zero-order valence-corrected chi connectivity index (χ0v) is 12.7. The number of hydrazine groups is 1. The quantitative estimate of drug-likeness (QED) is 0.652. The summed E-state index contributed by atoms with van der Waals surface area (Å²) in [5.41, 5.74) is 4.45. The number of halogens is 2. The second-order valence-corrected chi connectivity index (χ2v) is 5.42. The smallest absolute Gasteiger partial charge is 0.141 e. The van der Waals surface area contributed by atoms with Crippen LogP contribution in [-0.4, -0.2) is 6.10 Å². The summed E-state index contributed by atoms with van der Waals surface area (Å²) in [5, 5.41) is 0.0764. The van der Waals surface area contributed by atoms with Gasteiger partial charge in [-0.1, -0.05) is 29.8 Å². The van der Waals surface area contributed by atoms with Crippen LogP contribution in [0.1, 0.15) is 31.0 Å². The predicted molar refractivity (Wildman–Crippen MR) is 82.8 cm³/mol. The van der Waals surface area contributed by atoms with Gasteiger partial charge in [-0.3, -0.25) is 5.84 Å². The van der Waals surface area contributed by atoms with Crippen molar-refractivity contribution in [2.24, 2.45) is 5.84 Å². The van der Waals surface area contributed by atoms with Gasteiger partial charge < -0.3 is 4.74 Å². The third-order valence-electron chi connectivity index (χ3n) is 3.03. The highest BCUT2D eigenvalue weighted by molar-refractivity contribution is 6.30. The summed E-state index contributed by atoms with van der Waals surface area (Å²) in [6.07, 6.45) is 0.121. The molecule has 2 aromatic rings. The molecule has 2 aromatic carbocycles. The maximum absolute atomic E-state index is 13.2. The number of rotatable bonds is 5. The van der Waals surface area contributed by atoms with Gasteiger partial charge in [-0.2, -0.15) is 0 Å². The molecule has 0 amide bonds. The first-order chi connectivity index (χ1) is 10.0. The van der Waals surface area contributed by atoms with E-state index in [1.807, 2.05) is 38.1 Å². The largest absolute Gasteiger partial charge is 0.491 e. The van der Waals surface area contributed by atoms with Crippen LogP contribution in [0.3, 0.4) is 0 Å². The van der Waals surface area contributed by atoms with E-state index in [1.165, 1.54) is 6.07 Å². The molecule has 21 heavy (non-hydrogen) atoms. The predicted octanol–water partition coefficient (Wildman–Crippen LogP) is 3.82. The number of hydrogen-bond acceptors (Lipinski definition) is 3. The van der Waals surface area contributed by atoms with Crippen molar-refractivity contribution in [3.63, 3.8) is 0 Å². The Balaban J connectivity index is 2.26. The molecule has 2 rings (SSSR count). The van der Waals surface area contributed by atoms with Gasteiger partial charge in [-0.05, 0) is 49.2 Å². The van der Waals surface area contributed by atoms with Crippen LogP contribution < -0.4 is 16.0 Å². The molecule has 0 aromatic heterocycles. The van der Waals surface area contributed by atoms with Gasteiger partial charge in [0.15, 0.2) is 0 Å². The van der Waals surface area contributed by atoms with E-state index in [9.17, 15) is 4.39 Å². The lowest BCUT2D eigenvalue weighted by molar-refractivity contribution is 0.242. The normalized spacial score (nSPS) is 12.5. The lowest BCUT2D eigenvalue weighted by atomic mass is 9.99. The molecule has 0 heterocycles. The van der Waals surface area contributed by atoms with E-state index in [1.54, 1.807) is 12.1 Å². The summed E-state index contributed by atoms with van der Waals surface area (Å²) < 4.78 is 18.8. The van der Waals surface area contributed by atoms with Crippen molar-refractivity contribution in [2.45, 2.75) is 26.0 Å². The van der Waals surface area contributed by atoms with Gasteiger partial charge in [-0.15, -0.1) is 0 Å². The Morgan fingerprint density at radius 1 is 1.10 bits per heavy atom. The SMILES string of the molecule is CC(C)Oc1ccc(C(NN)c2ccc(F)c(Cl)c2)cc1. The van der Waals surface area contributed by atoms with E-state index < -0.39 is 5.82 Å². The first kappa shape index (κ1) is 15.8. The summed E-state index contributed by atoms with van der Waals surface area (Å²) >= 11 is 5.82. The molecule has 5 heteroatoms. The zero-order valence-electron chi connectivity index (χ0n) is 11.9. The van der Waals surface area contributed by atoms with Crippen LogP contribution in [0.25, 0.3) is 0 Å². The Morgan fingerprint density at radius 2 is 1.71 bits per heavy atom. The molecule has 0 aliphatic carbocycles. The number of nitrogens with one attached hydrogen (secondary N) is 1.